The maximum atomic E-state index is 10.7. The van der Waals surface area contributed by atoms with Gasteiger partial charge in [0.25, 0.3) is 0 Å². The first kappa shape index (κ1) is 14.5. The van der Waals surface area contributed by atoms with Crippen LogP contribution in [0, 0.1) is 0 Å². The number of hydrogen-bond donors (Lipinski definition) is 2. The molecule has 18 heavy (non-hydrogen) atoms. The van der Waals surface area contributed by atoms with Gasteiger partial charge < -0.3 is 15.6 Å². The van der Waals surface area contributed by atoms with E-state index in [4.69, 9.17) is 15.6 Å². The average molecular weight is 251 g/mol. The van der Waals surface area contributed by atoms with Crippen LogP contribution in [-0.4, -0.2) is 18.2 Å². The number of aliphatic carboxylic acids is 1. The Bertz CT molecular complexity index is 435. The molecule has 0 fully saturated rings. The van der Waals surface area contributed by atoms with E-state index in [1.807, 2.05) is 18.2 Å². The lowest BCUT2D eigenvalue weighted by molar-refractivity contribution is -0.137. The molecule has 1 rings (SSSR count). The Labute approximate surface area is 108 Å². The molecule has 0 radical (unpaired) electrons. The van der Waals surface area contributed by atoms with Gasteiger partial charge in [0.15, 0.2) is 0 Å². The summed E-state index contributed by atoms with van der Waals surface area (Å²) >= 11 is 0. The van der Waals surface area contributed by atoms with Crippen molar-refractivity contribution in [2.75, 3.05) is 7.11 Å². The summed E-state index contributed by atoms with van der Waals surface area (Å²) in [5.74, 6) is -0.275. The predicted molar refractivity (Wildman–Crippen MR) is 70.9 cm³/mol. The second-order valence-electron chi connectivity index (χ2n) is 5.41. The van der Waals surface area contributed by atoms with Gasteiger partial charge in [0.2, 0.25) is 0 Å². The zero-order valence-electron chi connectivity index (χ0n) is 11.4. The van der Waals surface area contributed by atoms with Gasteiger partial charge in [-0.15, -0.1) is 0 Å². The molecule has 0 aliphatic carbocycles. The zero-order valence-corrected chi connectivity index (χ0v) is 11.4. The first-order chi connectivity index (χ1) is 8.25. The summed E-state index contributed by atoms with van der Waals surface area (Å²) in [6.07, 6.45) is -0.107. The smallest absolute Gasteiger partial charge is 0.305 e. The number of ether oxygens (including phenoxy) is 1. The lowest BCUT2D eigenvalue weighted by Gasteiger charge is -2.22. The second-order valence-corrected chi connectivity index (χ2v) is 5.41. The van der Waals surface area contributed by atoms with E-state index in [0.29, 0.717) is 5.75 Å². The normalized spacial score (nSPS) is 13.2. The van der Waals surface area contributed by atoms with Gasteiger partial charge in [0.05, 0.1) is 13.5 Å². The third-order valence-corrected chi connectivity index (χ3v) is 2.89. The number of benzene rings is 1. The minimum atomic E-state index is -0.911. The fraction of sp³-hybridized carbons (Fsp3) is 0.500. The van der Waals surface area contributed by atoms with Crippen molar-refractivity contribution in [2.24, 2.45) is 5.73 Å². The molecule has 3 N–H and O–H groups in total. The van der Waals surface area contributed by atoms with Crippen LogP contribution in [0.1, 0.15) is 44.4 Å². The molecule has 4 heteroatoms. The predicted octanol–water partition coefficient (Wildman–Crippen LogP) is 2.47. The minimum absolute atomic E-state index is 0.00996. The molecule has 0 aliphatic rings. The van der Waals surface area contributed by atoms with Gasteiger partial charge in [0.1, 0.15) is 5.75 Å². The Balaban J connectivity index is 3.17. The molecule has 0 heterocycles. The van der Waals surface area contributed by atoms with Gasteiger partial charge in [-0.05, 0) is 23.1 Å². The average Bonchev–Trinajstić information content (AvgIpc) is 2.26. The number of carboxylic acids is 1. The summed E-state index contributed by atoms with van der Waals surface area (Å²) in [6, 6.07) is 5.21. The molecule has 0 saturated heterocycles. The SMILES string of the molecule is COc1ccc(C(C)(C)C)cc1C(N)CC(=O)O. The van der Waals surface area contributed by atoms with Crippen LogP contribution in [0.4, 0.5) is 0 Å². The Morgan fingerprint density at radius 2 is 2.06 bits per heavy atom. The van der Waals surface area contributed by atoms with Crippen LogP contribution in [-0.2, 0) is 10.2 Å². The summed E-state index contributed by atoms with van der Waals surface area (Å²) in [4.78, 5) is 10.7. The standard InChI is InChI=1S/C14H21NO3/c1-14(2,3)9-5-6-12(18-4)10(7-9)11(15)8-13(16)17/h5-7,11H,8,15H2,1-4H3,(H,16,17). The fourth-order valence-corrected chi connectivity index (χ4v) is 1.79. The number of rotatable bonds is 4. The van der Waals surface area contributed by atoms with Gasteiger partial charge in [-0.2, -0.15) is 0 Å². The number of hydrogen-bond acceptors (Lipinski definition) is 3. The van der Waals surface area contributed by atoms with Crippen molar-refractivity contribution in [3.05, 3.63) is 29.3 Å². The van der Waals surface area contributed by atoms with E-state index in [9.17, 15) is 4.79 Å². The van der Waals surface area contributed by atoms with Gasteiger partial charge in [-0.3, -0.25) is 4.79 Å². The minimum Gasteiger partial charge on any atom is -0.496 e. The first-order valence-corrected chi connectivity index (χ1v) is 5.91. The zero-order chi connectivity index (χ0) is 13.9. The lowest BCUT2D eigenvalue weighted by atomic mass is 9.85. The van der Waals surface area contributed by atoms with Crippen LogP contribution in [0.3, 0.4) is 0 Å². The summed E-state index contributed by atoms with van der Waals surface area (Å²) in [5, 5.41) is 8.82. The van der Waals surface area contributed by atoms with Crippen LogP contribution in [0.25, 0.3) is 0 Å². The molecule has 1 unspecified atom stereocenters. The molecule has 0 bridgehead atoms. The van der Waals surface area contributed by atoms with Crippen LogP contribution in [0.15, 0.2) is 18.2 Å². The summed E-state index contributed by atoms with van der Waals surface area (Å²) in [6.45, 7) is 6.30. The molecule has 0 saturated carbocycles. The highest BCUT2D eigenvalue weighted by molar-refractivity contribution is 5.68. The highest BCUT2D eigenvalue weighted by atomic mass is 16.5. The second kappa shape index (κ2) is 5.40. The third kappa shape index (κ3) is 3.47. The van der Waals surface area contributed by atoms with E-state index in [-0.39, 0.29) is 11.8 Å². The molecule has 0 amide bonds. The third-order valence-electron chi connectivity index (χ3n) is 2.89. The molecule has 1 aromatic rings. The summed E-state index contributed by atoms with van der Waals surface area (Å²) in [5.41, 5.74) is 7.77. The van der Waals surface area contributed by atoms with E-state index in [1.54, 1.807) is 7.11 Å². The summed E-state index contributed by atoms with van der Waals surface area (Å²) in [7, 11) is 1.56. The largest absolute Gasteiger partial charge is 0.496 e. The van der Waals surface area contributed by atoms with E-state index in [0.717, 1.165) is 11.1 Å². The number of carbonyl (C=O) groups is 1. The van der Waals surface area contributed by atoms with Crippen LogP contribution in [0.5, 0.6) is 5.75 Å². The molecule has 0 aliphatic heterocycles. The van der Waals surface area contributed by atoms with Crippen LogP contribution >= 0.6 is 0 Å². The van der Waals surface area contributed by atoms with Crippen molar-refractivity contribution in [1.29, 1.82) is 0 Å². The molecule has 0 spiro atoms. The Morgan fingerprint density at radius 1 is 1.44 bits per heavy atom. The van der Waals surface area contributed by atoms with Crippen LogP contribution in [0.2, 0.25) is 0 Å². The number of nitrogens with two attached hydrogens (primary N) is 1. The van der Waals surface area contributed by atoms with Crippen molar-refractivity contribution in [3.8, 4) is 5.75 Å². The Hall–Kier alpha value is -1.55. The Morgan fingerprint density at radius 3 is 2.50 bits per heavy atom. The number of carboxylic acid groups (broad SMARTS) is 1. The molecule has 4 nitrogen and oxygen atoms in total. The maximum absolute atomic E-state index is 10.7. The maximum Gasteiger partial charge on any atom is 0.305 e. The monoisotopic (exact) mass is 251 g/mol. The Kier molecular flexibility index (Phi) is 4.35. The van der Waals surface area contributed by atoms with E-state index in [1.165, 1.54) is 0 Å². The first-order valence-electron chi connectivity index (χ1n) is 5.91. The van der Waals surface area contributed by atoms with Gasteiger partial charge in [-0.25, -0.2) is 0 Å². The number of methoxy groups -OCH3 is 1. The van der Waals surface area contributed by atoms with Crippen molar-refractivity contribution >= 4 is 5.97 Å². The molecule has 1 aromatic carbocycles. The van der Waals surface area contributed by atoms with E-state index in [2.05, 4.69) is 20.8 Å². The topological polar surface area (TPSA) is 72.5 Å². The van der Waals surface area contributed by atoms with E-state index < -0.39 is 12.0 Å². The molecular weight excluding hydrogens is 230 g/mol. The van der Waals surface area contributed by atoms with Crippen molar-refractivity contribution in [3.63, 3.8) is 0 Å². The van der Waals surface area contributed by atoms with Gasteiger partial charge in [0, 0.05) is 11.6 Å². The fourth-order valence-electron chi connectivity index (χ4n) is 1.79. The molecular formula is C14H21NO3. The highest BCUT2D eigenvalue weighted by Gasteiger charge is 2.20. The molecule has 0 aromatic heterocycles. The van der Waals surface area contributed by atoms with Gasteiger partial charge in [-0.1, -0.05) is 26.8 Å². The van der Waals surface area contributed by atoms with Crippen molar-refractivity contribution in [2.45, 2.75) is 38.6 Å². The lowest BCUT2D eigenvalue weighted by Crippen LogP contribution is -2.18. The van der Waals surface area contributed by atoms with Crippen molar-refractivity contribution in [1.82, 2.24) is 0 Å². The van der Waals surface area contributed by atoms with Crippen molar-refractivity contribution < 1.29 is 14.6 Å². The summed E-state index contributed by atoms with van der Waals surface area (Å²) < 4.78 is 5.24. The van der Waals surface area contributed by atoms with Crippen LogP contribution < -0.4 is 10.5 Å². The molecule has 1 atom stereocenters. The van der Waals surface area contributed by atoms with Gasteiger partial charge >= 0.3 is 5.97 Å². The molecule has 100 valence electrons. The van der Waals surface area contributed by atoms with E-state index >= 15 is 0 Å². The highest BCUT2D eigenvalue weighted by Crippen LogP contribution is 2.31. The quantitative estimate of drug-likeness (QED) is 0.862.